The van der Waals surface area contributed by atoms with Gasteiger partial charge in [0, 0.05) is 0 Å². The van der Waals surface area contributed by atoms with Crippen LogP contribution >= 0.6 is 0 Å². The van der Waals surface area contributed by atoms with Crippen molar-refractivity contribution in [2.45, 2.75) is 19.3 Å². The van der Waals surface area contributed by atoms with Gasteiger partial charge in [0.1, 0.15) is 0 Å². The van der Waals surface area contributed by atoms with Gasteiger partial charge in [-0.2, -0.15) is 0 Å². The van der Waals surface area contributed by atoms with E-state index in [4.69, 9.17) is 9.97 Å². The van der Waals surface area contributed by atoms with Crippen molar-refractivity contribution in [3.63, 3.8) is 0 Å². The maximum atomic E-state index is 5.76. The van der Waals surface area contributed by atoms with Gasteiger partial charge in [0.25, 0.3) is 0 Å². The molecule has 0 unspecified atom stereocenters. The van der Waals surface area contributed by atoms with Gasteiger partial charge in [0.05, 0.1) is 0 Å². The Balaban J connectivity index is 1.21. The molecule has 1 aliphatic carbocycles. The summed E-state index contributed by atoms with van der Waals surface area (Å²) in [5, 5.41) is 2.51. The molecule has 0 radical (unpaired) electrons. The Morgan fingerprint density at radius 3 is 1.80 bits per heavy atom. The Labute approximate surface area is 346 Å². The van der Waals surface area contributed by atoms with E-state index in [0.717, 1.165) is 33.9 Å². The summed E-state index contributed by atoms with van der Waals surface area (Å²) in [7, 11) is 0. The van der Waals surface area contributed by atoms with Crippen molar-refractivity contribution < 1.29 is 0 Å². The van der Waals surface area contributed by atoms with Crippen LogP contribution in [0.1, 0.15) is 25.0 Å². The Bertz CT molecular complexity index is 3250. The minimum absolute atomic E-state index is 0.0980. The van der Waals surface area contributed by atoms with Crippen molar-refractivity contribution in [2.24, 2.45) is 0 Å². The summed E-state index contributed by atoms with van der Waals surface area (Å²) in [6, 6.07) is 73.7. The van der Waals surface area contributed by atoms with Gasteiger partial charge in [-0.3, -0.25) is 0 Å². The van der Waals surface area contributed by atoms with Gasteiger partial charge < -0.3 is 0 Å². The van der Waals surface area contributed by atoms with E-state index in [-0.39, 0.29) is 5.41 Å². The van der Waals surface area contributed by atoms with Crippen molar-refractivity contribution >= 4 is 52.8 Å². The fourth-order valence-corrected chi connectivity index (χ4v) is 21.0. The number of nitrogens with zero attached hydrogens (tertiary/aromatic N) is 3. The van der Waals surface area contributed by atoms with Crippen LogP contribution in [0.25, 0.3) is 72.4 Å². The SMILES string of the molecule is CC1(C)c2ccccc2-c2cc3c(cc21)c1ccccc1n3-c1ccccc1-c1nc(-c2ccccc2)n[c]2c1-c1cccc[c]1[Ge]2([c]1ccccc1)[c]1ccccc1. The molecule has 0 atom stereocenters. The van der Waals surface area contributed by atoms with Gasteiger partial charge in [0.2, 0.25) is 0 Å². The first kappa shape index (κ1) is 34.2. The number of para-hydroxylation sites is 2. The molecular formula is C55H39GeN3. The van der Waals surface area contributed by atoms with Gasteiger partial charge in [-0.15, -0.1) is 0 Å². The summed E-state index contributed by atoms with van der Waals surface area (Å²) in [5.41, 5.74) is 14.2. The monoisotopic (exact) mass is 815 g/mol. The van der Waals surface area contributed by atoms with E-state index in [9.17, 15) is 0 Å². The van der Waals surface area contributed by atoms with E-state index in [0.29, 0.717) is 0 Å². The Hall–Kier alpha value is -6.82. The van der Waals surface area contributed by atoms with E-state index in [1.54, 1.807) is 0 Å². The van der Waals surface area contributed by atoms with Gasteiger partial charge in [-0.05, 0) is 0 Å². The number of benzene rings is 8. The summed E-state index contributed by atoms with van der Waals surface area (Å²) in [5.74, 6) is 0.753. The topological polar surface area (TPSA) is 30.7 Å². The van der Waals surface area contributed by atoms with Crippen LogP contribution in [0, 0.1) is 0 Å². The molecule has 10 aromatic rings. The molecule has 0 N–H and O–H groups in total. The third kappa shape index (κ3) is 4.77. The summed E-state index contributed by atoms with van der Waals surface area (Å²) in [6.07, 6.45) is 0. The van der Waals surface area contributed by atoms with Gasteiger partial charge in [0.15, 0.2) is 0 Å². The van der Waals surface area contributed by atoms with Crippen molar-refractivity contribution in [3.05, 3.63) is 211 Å². The zero-order chi connectivity index (χ0) is 39.3. The van der Waals surface area contributed by atoms with Gasteiger partial charge in [-0.1, -0.05) is 6.07 Å². The molecular weight excluding hydrogens is 775 g/mol. The second-order valence-electron chi connectivity index (χ2n) is 16.5. The molecule has 0 spiro atoms. The van der Waals surface area contributed by atoms with Crippen molar-refractivity contribution in [1.82, 2.24) is 14.5 Å². The predicted octanol–water partition coefficient (Wildman–Crippen LogP) is 10.6. The molecule has 0 saturated carbocycles. The van der Waals surface area contributed by atoms with Gasteiger partial charge in [-0.25, -0.2) is 0 Å². The summed E-state index contributed by atoms with van der Waals surface area (Å²) in [6.45, 7) is 4.73. The fraction of sp³-hybridized carbons (Fsp3) is 0.0545. The standard InChI is InChI=1S/C55H39GeN3/c1-55(2)45-30-16-12-26-39(45)43-35-50-44(34-46(43)55)40-27-14-18-32-48(40)59(50)49-33-19-15-29-42(49)52-51-41-28-13-17-31-47(41)56(37-22-8-4-9-23-37,38-24-10-5-11-25-38)53(51)58-54(57-52)36-20-6-3-7-21-36/h3-35H,1-2H3. The molecule has 0 saturated heterocycles. The normalized spacial score (nSPS) is 14.2. The first-order valence-corrected chi connectivity index (χ1v) is 24.7. The van der Waals surface area contributed by atoms with Crippen LogP contribution in [0.3, 0.4) is 0 Å². The Morgan fingerprint density at radius 1 is 0.458 bits per heavy atom. The summed E-state index contributed by atoms with van der Waals surface area (Å²) < 4.78 is 7.80. The second-order valence-corrected chi connectivity index (χ2v) is 24.2. The summed E-state index contributed by atoms with van der Waals surface area (Å²) >= 11 is -3.73. The van der Waals surface area contributed by atoms with Crippen LogP contribution in [0.15, 0.2) is 200 Å². The zero-order valence-electron chi connectivity index (χ0n) is 32.9. The predicted molar refractivity (Wildman–Crippen MR) is 247 cm³/mol. The van der Waals surface area contributed by atoms with E-state index >= 15 is 0 Å². The molecule has 0 amide bonds. The molecule has 278 valence electrons. The molecule has 4 heteroatoms. The molecule has 3 heterocycles. The molecule has 1 aliphatic heterocycles. The average molecular weight is 815 g/mol. The van der Waals surface area contributed by atoms with Crippen LogP contribution < -0.4 is 17.7 Å². The van der Waals surface area contributed by atoms with E-state index in [1.807, 2.05) is 0 Å². The molecule has 0 bridgehead atoms. The number of rotatable bonds is 5. The molecule has 59 heavy (non-hydrogen) atoms. The maximum absolute atomic E-state index is 5.76. The first-order valence-electron chi connectivity index (χ1n) is 20.5. The Morgan fingerprint density at radius 2 is 1.05 bits per heavy atom. The van der Waals surface area contributed by atoms with Crippen molar-refractivity contribution in [2.75, 3.05) is 0 Å². The average Bonchev–Trinajstić information content (AvgIpc) is 3.87. The Kier molecular flexibility index (Phi) is 7.45. The minimum atomic E-state index is -3.73. The zero-order valence-corrected chi connectivity index (χ0v) is 35.0. The molecule has 8 aromatic carbocycles. The third-order valence-electron chi connectivity index (χ3n) is 13.1. The van der Waals surface area contributed by atoms with Crippen LogP contribution in [-0.2, 0) is 5.41 Å². The van der Waals surface area contributed by atoms with Crippen LogP contribution in [0.4, 0.5) is 0 Å². The molecule has 3 nitrogen and oxygen atoms in total. The number of hydrogen-bond donors (Lipinski definition) is 0. The van der Waals surface area contributed by atoms with Crippen LogP contribution in [0.2, 0.25) is 0 Å². The van der Waals surface area contributed by atoms with E-state index < -0.39 is 13.3 Å². The number of fused-ring (bicyclic) bond motifs is 9. The first-order chi connectivity index (χ1) is 29.0. The van der Waals surface area contributed by atoms with E-state index in [1.165, 1.54) is 67.3 Å². The number of aromatic nitrogens is 3. The molecule has 2 aliphatic rings. The third-order valence-corrected chi connectivity index (χ3v) is 23.0. The van der Waals surface area contributed by atoms with Crippen LogP contribution in [-0.4, -0.2) is 27.8 Å². The van der Waals surface area contributed by atoms with Crippen LogP contribution in [0.5, 0.6) is 0 Å². The van der Waals surface area contributed by atoms with Crippen molar-refractivity contribution in [1.29, 1.82) is 0 Å². The quantitative estimate of drug-likeness (QED) is 0.162. The molecule has 12 rings (SSSR count). The summed E-state index contributed by atoms with van der Waals surface area (Å²) in [4.78, 5) is 11.4. The van der Waals surface area contributed by atoms with E-state index in [2.05, 4.69) is 219 Å². The molecule has 2 aromatic heterocycles. The molecule has 0 fully saturated rings. The number of hydrogen-bond acceptors (Lipinski definition) is 2. The second kappa shape index (κ2) is 12.8. The van der Waals surface area contributed by atoms with Crippen molar-refractivity contribution in [3.8, 4) is 50.6 Å². The fourth-order valence-electron chi connectivity index (χ4n) is 10.5. The van der Waals surface area contributed by atoms with Gasteiger partial charge >= 0.3 is 342 Å².